The molecule has 0 spiro atoms. The van der Waals surface area contributed by atoms with Crippen LogP contribution in [0.3, 0.4) is 0 Å². The molecule has 0 heterocycles. The molecule has 0 aromatic heterocycles. The van der Waals surface area contributed by atoms with Gasteiger partial charge in [0.1, 0.15) is 11.7 Å². The first-order valence-electron chi connectivity index (χ1n) is 15.6. The second-order valence-corrected chi connectivity index (χ2v) is 12.4. The van der Waals surface area contributed by atoms with Crippen LogP contribution in [0, 0.1) is 46.3 Å². The van der Waals surface area contributed by atoms with Crippen molar-refractivity contribution in [2.75, 3.05) is 0 Å². The lowest BCUT2D eigenvalue weighted by Gasteiger charge is -2.36. The molecule has 5 rings (SSSR count). The summed E-state index contributed by atoms with van der Waals surface area (Å²) in [7, 11) is 0. The van der Waals surface area contributed by atoms with E-state index in [0.29, 0.717) is 10.0 Å². The number of carbonyl (C=O) groups excluding carboxylic acids is 1. The highest BCUT2D eigenvalue weighted by molar-refractivity contribution is 6.30. The quantitative estimate of drug-likeness (QED) is 0.140. The van der Waals surface area contributed by atoms with Crippen molar-refractivity contribution in [1.29, 1.82) is 10.5 Å². The standard InChI is InChI=1S/C43H32Cl2N2O/c1-31(48)41(42(35(29-46)30-47)34-16-9-4-10-17-34)28-43(36-19-23-38(44)24-20-36,37-21-25-39(45)26-22-37)27-11-18-40(32-12-5-2-6-13-32)33-14-7-3-8-15-33/h2-10,12-26,35,41-42H,28H2,1H3/t41-,42-/m1/s1. The van der Waals surface area contributed by atoms with Crippen molar-refractivity contribution in [1.82, 2.24) is 0 Å². The molecule has 48 heavy (non-hydrogen) atoms. The summed E-state index contributed by atoms with van der Waals surface area (Å²) >= 11 is 12.8. The van der Waals surface area contributed by atoms with Gasteiger partial charge >= 0.3 is 0 Å². The summed E-state index contributed by atoms with van der Waals surface area (Å²) in [6.45, 7) is 1.52. The molecule has 3 nitrogen and oxygen atoms in total. The van der Waals surface area contributed by atoms with Crippen LogP contribution in [-0.2, 0) is 10.2 Å². The Balaban J connectivity index is 1.79. The lowest BCUT2D eigenvalue weighted by atomic mass is 9.64. The fraction of sp³-hybridized carbons (Fsp3) is 0.140. The zero-order chi connectivity index (χ0) is 33.9. The van der Waals surface area contributed by atoms with Gasteiger partial charge < -0.3 is 0 Å². The molecule has 0 aliphatic carbocycles. The normalized spacial score (nSPS) is 12.0. The fourth-order valence-electron chi connectivity index (χ4n) is 6.24. The summed E-state index contributed by atoms with van der Waals surface area (Å²) in [5, 5.41) is 21.4. The number of nitriles is 2. The molecule has 0 unspecified atom stereocenters. The van der Waals surface area contributed by atoms with E-state index in [2.05, 4.69) is 24.0 Å². The van der Waals surface area contributed by atoms with Crippen LogP contribution in [0.2, 0.25) is 10.0 Å². The first-order chi connectivity index (χ1) is 23.4. The van der Waals surface area contributed by atoms with E-state index in [4.69, 9.17) is 23.2 Å². The van der Waals surface area contributed by atoms with Gasteiger partial charge in [-0.05, 0) is 77.1 Å². The Kier molecular flexibility index (Phi) is 11.3. The van der Waals surface area contributed by atoms with E-state index in [9.17, 15) is 15.3 Å². The van der Waals surface area contributed by atoms with Crippen LogP contribution in [-0.4, -0.2) is 5.78 Å². The third kappa shape index (κ3) is 7.77. The summed E-state index contributed by atoms with van der Waals surface area (Å²) in [5.41, 5.74) is 4.29. The van der Waals surface area contributed by atoms with Crippen LogP contribution in [0.4, 0.5) is 0 Å². The van der Waals surface area contributed by atoms with Gasteiger partial charge in [-0.25, -0.2) is 0 Å². The molecule has 0 bridgehead atoms. The number of hydrogen-bond acceptors (Lipinski definition) is 3. The van der Waals surface area contributed by atoms with Gasteiger partial charge in [-0.1, -0.05) is 150 Å². The van der Waals surface area contributed by atoms with Gasteiger partial charge in [-0.15, -0.1) is 0 Å². The van der Waals surface area contributed by atoms with Crippen molar-refractivity contribution in [2.45, 2.75) is 24.7 Å². The number of nitrogens with zero attached hydrogens (tertiary/aromatic N) is 2. The zero-order valence-electron chi connectivity index (χ0n) is 26.4. The van der Waals surface area contributed by atoms with Gasteiger partial charge in [0.15, 0.2) is 0 Å². The second kappa shape index (κ2) is 16.0. The third-order valence-corrected chi connectivity index (χ3v) is 9.15. The average molecular weight is 664 g/mol. The minimum absolute atomic E-state index is 0.141. The zero-order valence-corrected chi connectivity index (χ0v) is 27.9. The van der Waals surface area contributed by atoms with Crippen molar-refractivity contribution in [3.8, 4) is 24.0 Å². The lowest BCUT2D eigenvalue weighted by molar-refractivity contribution is -0.122. The summed E-state index contributed by atoms with van der Waals surface area (Å²) < 4.78 is 0. The molecule has 0 aliphatic heterocycles. The van der Waals surface area contributed by atoms with Crippen LogP contribution in [0.15, 0.2) is 146 Å². The Hall–Kier alpha value is -5.37. The highest BCUT2D eigenvalue weighted by Crippen LogP contribution is 2.45. The molecule has 2 atom stereocenters. The summed E-state index contributed by atoms with van der Waals surface area (Å²) in [6.07, 6.45) is 2.11. The first-order valence-corrected chi connectivity index (χ1v) is 16.3. The molecule has 0 N–H and O–H groups in total. The minimum Gasteiger partial charge on any atom is -0.300 e. The van der Waals surface area contributed by atoms with E-state index in [0.717, 1.165) is 33.4 Å². The number of hydrogen-bond donors (Lipinski definition) is 0. The number of carbonyl (C=O) groups is 1. The van der Waals surface area contributed by atoms with Crippen LogP contribution in [0.5, 0.6) is 0 Å². The summed E-state index contributed by atoms with van der Waals surface area (Å²) in [6, 6.07) is 48.7. The number of halogens is 2. The predicted molar refractivity (Wildman–Crippen MR) is 194 cm³/mol. The van der Waals surface area contributed by atoms with Crippen LogP contribution < -0.4 is 0 Å². The predicted octanol–water partition coefficient (Wildman–Crippen LogP) is 10.5. The molecule has 234 valence electrons. The number of Topliss-reactive ketones (excluding diaryl/α,β-unsaturated/α-hetero) is 1. The van der Waals surface area contributed by atoms with E-state index in [1.165, 1.54) is 6.92 Å². The number of ketones is 1. The van der Waals surface area contributed by atoms with Crippen molar-refractivity contribution in [3.05, 3.63) is 183 Å². The van der Waals surface area contributed by atoms with Gasteiger partial charge in [0.25, 0.3) is 0 Å². The maximum atomic E-state index is 13.8. The monoisotopic (exact) mass is 662 g/mol. The molecule has 5 aromatic carbocycles. The number of benzene rings is 5. The maximum absolute atomic E-state index is 13.8. The van der Waals surface area contributed by atoms with Crippen molar-refractivity contribution in [2.24, 2.45) is 11.8 Å². The van der Waals surface area contributed by atoms with E-state index < -0.39 is 23.2 Å². The molecule has 5 heteroatoms. The largest absolute Gasteiger partial charge is 0.300 e. The Morgan fingerprint density at radius 1 is 0.688 bits per heavy atom. The molecular weight excluding hydrogens is 631 g/mol. The minimum atomic E-state index is -1.07. The maximum Gasteiger partial charge on any atom is 0.140 e. The molecule has 0 aliphatic rings. The number of rotatable bonds is 10. The summed E-state index contributed by atoms with van der Waals surface area (Å²) in [4.78, 5) is 13.8. The molecule has 0 saturated carbocycles. The smallest absolute Gasteiger partial charge is 0.140 e. The van der Waals surface area contributed by atoms with Crippen molar-refractivity contribution >= 4 is 34.6 Å². The molecule has 5 aromatic rings. The van der Waals surface area contributed by atoms with Gasteiger partial charge in [-0.3, -0.25) is 4.79 Å². The van der Waals surface area contributed by atoms with E-state index in [1.54, 1.807) is 0 Å². The Morgan fingerprint density at radius 2 is 1.12 bits per heavy atom. The Morgan fingerprint density at radius 3 is 1.54 bits per heavy atom. The highest BCUT2D eigenvalue weighted by Gasteiger charge is 2.42. The highest BCUT2D eigenvalue weighted by atomic mass is 35.5. The molecule has 0 amide bonds. The lowest BCUT2D eigenvalue weighted by Crippen LogP contribution is -2.36. The Labute approximate surface area is 292 Å². The third-order valence-electron chi connectivity index (χ3n) is 8.65. The molecular formula is C43H32Cl2N2O. The van der Waals surface area contributed by atoms with Crippen LogP contribution in [0.1, 0.15) is 47.1 Å². The van der Waals surface area contributed by atoms with E-state index in [1.807, 2.05) is 146 Å². The van der Waals surface area contributed by atoms with Crippen molar-refractivity contribution in [3.63, 3.8) is 0 Å². The fourth-order valence-corrected chi connectivity index (χ4v) is 6.49. The average Bonchev–Trinajstić information content (AvgIpc) is 3.12. The molecule has 0 fully saturated rings. The first kappa shape index (κ1) is 34.0. The SMILES string of the molecule is CC(=O)[C@@H](CC(C#CC=C(c1ccccc1)c1ccccc1)(c1ccc(Cl)cc1)c1ccc(Cl)cc1)[C@H](c1ccccc1)C(C#N)C#N. The molecule has 0 radical (unpaired) electrons. The topological polar surface area (TPSA) is 64.7 Å². The second-order valence-electron chi connectivity index (χ2n) is 11.6. The van der Waals surface area contributed by atoms with Gasteiger partial charge in [0.05, 0.1) is 17.6 Å². The van der Waals surface area contributed by atoms with E-state index >= 15 is 0 Å². The van der Waals surface area contributed by atoms with Crippen LogP contribution >= 0.6 is 23.2 Å². The summed E-state index contributed by atoms with van der Waals surface area (Å²) in [5.74, 6) is 4.37. The van der Waals surface area contributed by atoms with Crippen molar-refractivity contribution < 1.29 is 4.79 Å². The van der Waals surface area contributed by atoms with Gasteiger partial charge in [0.2, 0.25) is 0 Å². The number of allylic oxidation sites excluding steroid dienone is 1. The van der Waals surface area contributed by atoms with Gasteiger partial charge in [0, 0.05) is 21.9 Å². The van der Waals surface area contributed by atoms with E-state index in [-0.39, 0.29) is 12.2 Å². The van der Waals surface area contributed by atoms with Gasteiger partial charge in [-0.2, -0.15) is 10.5 Å². The Bertz CT molecular complexity index is 1910. The van der Waals surface area contributed by atoms with Crippen LogP contribution in [0.25, 0.3) is 5.57 Å². The molecule has 0 saturated heterocycles.